The zero-order valence-corrected chi connectivity index (χ0v) is 11.9. The standard InChI is InChI=1S/C6H11O3.Hg/c1-5-8-6(2,3)4-7-9-5;/h5H,2,4H2,1,3H3;/t5-,6+;/m1./s1. The first-order valence-electron chi connectivity index (χ1n) is 3.42. The molecule has 0 N–H and O–H groups in total. The fraction of sp³-hybridized carbons (Fsp3) is 1.00. The zero-order chi connectivity index (χ0) is 7.61. The summed E-state index contributed by atoms with van der Waals surface area (Å²) in [5, 5.41) is 0. The topological polar surface area (TPSA) is 27.7 Å². The summed E-state index contributed by atoms with van der Waals surface area (Å²) in [5.74, 6) is 0. The van der Waals surface area contributed by atoms with Crippen LogP contribution in [0.15, 0.2) is 0 Å². The van der Waals surface area contributed by atoms with E-state index in [-0.39, 0.29) is 11.9 Å². The molecule has 1 fully saturated rings. The number of hydrogen-bond acceptors (Lipinski definition) is 3. The molecule has 0 amide bonds. The Kier molecular flexibility index (Phi) is 3.10. The van der Waals surface area contributed by atoms with Crippen molar-refractivity contribution in [3.05, 3.63) is 0 Å². The predicted octanol–water partition coefficient (Wildman–Crippen LogP) is 1.03. The molecule has 0 aliphatic carbocycles. The Bertz CT molecular complexity index is 120. The molecule has 0 aromatic carbocycles. The van der Waals surface area contributed by atoms with Crippen LogP contribution in [0.25, 0.3) is 0 Å². The van der Waals surface area contributed by atoms with Crippen LogP contribution in [0.2, 0.25) is 3.93 Å². The van der Waals surface area contributed by atoms with Gasteiger partial charge in [0, 0.05) is 0 Å². The first kappa shape index (κ1) is 8.91. The molecule has 1 aliphatic rings. The van der Waals surface area contributed by atoms with E-state index in [2.05, 4.69) is 6.92 Å². The molecule has 0 unspecified atom stereocenters. The van der Waals surface area contributed by atoms with Crippen LogP contribution in [0.1, 0.15) is 13.8 Å². The van der Waals surface area contributed by atoms with Crippen molar-refractivity contribution in [1.82, 2.24) is 0 Å². The fourth-order valence-electron chi connectivity index (χ4n) is 0.840. The van der Waals surface area contributed by atoms with E-state index in [4.69, 9.17) is 14.5 Å². The molecular weight excluding hydrogens is 321 g/mol. The molecule has 1 saturated heterocycles. The maximum atomic E-state index is 5.52. The van der Waals surface area contributed by atoms with Crippen LogP contribution in [0, 0.1) is 0 Å². The first-order chi connectivity index (χ1) is 4.66. The van der Waals surface area contributed by atoms with Crippen molar-refractivity contribution < 1.29 is 40.6 Å². The molecule has 1 aliphatic heterocycles. The molecule has 0 spiro atoms. The van der Waals surface area contributed by atoms with E-state index in [0.29, 0.717) is 6.61 Å². The average Bonchev–Trinajstić information content (AvgIpc) is 1.88. The van der Waals surface area contributed by atoms with Crippen LogP contribution in [-0.2, 0) is 40.6 Å². The Balaban J connectivity index is 2.45. The molecule has 2 atom stereocenters. The summed E-state index contributed by atoms with van der Waals surface area (Å²) in [5.41, 5.74) is -0.0687. The van der Waals surface area contributed by atoms with Crippen LogP contribution in [0.5, 0.6) is 0 Å². The summed E-state index contributed by atoms with van der Waals surface area (Å²) in [6.07, 6.45) is -0.206. The van der Waals surface area contributed by atoms with E-state index in [9.17, 15) is 0 Å². The molecule has 55 valence electrons. The molecule has 0 aromatic heterocycles. The van der Waals surface area contributed by atoms with Gasteiger partial charge in [-0.2, -0.15) is 0 Å². The van der Waals surface area contributed by atoms with Crippen molar-refractivity contribution in [3.63, 3.8) is 0 Å². The zero-order valence-electron chi connectivity index (χ0n) is 6.42. The van der Waals surface area contributed by atoms with Crippen molar-refractivity contribution in [3.8, 4) is 0 Å². The molecule has 0 bridgehead atoms. The number of ether oxygens (including phenoxy) is 1. The summed E-state index contributed by atoms with van der Waals surface area (Å²) in [4.78, 5) is 9.67. The van der Waals surface area contributed by atoms with Crippen LogP contribution < -0.4 is 0 Å². The average molecular weight is 332 g/mol. The number of rotatable bonds is 1. The molecule has 0 aromatic rings. The molecule has 3 nitrogen and oxygen atoms in total. The van der Waals surface area contributed by atoms with Crippen molar-refractivity contribution in [2.75, 3.05) is 6.61 Å². The van der Waals surface area contributed by atoms with Gasteiger partial charge in [0.2, 0.25) is 0 Å². The van der Waals surface area contributed by atoms with Gasteiger partial charge >= 0.3 is 76.9 Å². The van der Waals surface area contributed by atoms with E-state index < -0.39 is 0 Å². The van der Waals surface area contributed by atoms with Gasteiger partial charge in [0.15, 0.2) is 0 Å². The summed E-state index contributed by atoms with van der Waals surface area (Å²) in [6.45, 7) is 4.49. The third-order valence-electron chi connectivity index (χ3n) is 1.55. The Morgan fingerprint density at radius 1 is 1.70 bits per heavy atom. The van der Waals surface area contributed by atoms with Gasteiger partial charge in [-0.15, -0.1) is 0 Å². The van der Waals surface area contributed by atoms with E-state index in [1.54, 1.807) is 0 Å². The molecule has 1 heterocycles. The van der Waals surface area contributed by atoms with Crippen molar-refractivity contribution >= 4 is 0 Å². The van der Waals surface area contributed by atoms with Crippen molar-refractivity contribution in [1.29, 1.82) is 0 Å². The molecule has 0 radical (unpaired) electrons. The van der Waals surface area contributed by atoms with Gasteiger partial charge in [-0.1, -0.05) is 0 Å². The quantitative estimate of drug-likeness (QED) is 0.531. The van der Waals surface area contributed by atoms with Crippen LogP contribution in [0.4, 0.5) is 0 Å². The van der Waals surface area contributed by atoms with Gasteiger partial charge < -0.3 is 0 Å². The molecule has 10 heavy (non-hydrogen) atoms. The number of hydrogen-bond donors (Lipinski definition) is 0. The Hall–Kier alpha value is 0.815. The van der Waals surface area contributed by atoms with E-state index in [1.807, 2.05) is 6.92 Å². The van der Waals surface area contributed by atoms with Crippen molar-refractivity contribution in [2.45, 2.75) is 29.7 Å². The predicted molar refractivity (Wildman–Crippen MR) is 30.8 cm³/mol. The Morgan fingerprint density at radius 3 is 2.80 bits per heavy atom. The summed E-state index contributed by atoms with van der Waals surface area (Å²) in [7, 11) is 0. The summed E-state index contributed by atoms with van der Waals surface area (Å²) in [6, 6.07) is 0. The van der Waals surface area contributed by atoms with Gasteiger partial charge in [0.25, 0.3) is 0 Å². The molecule has 4 heteroatoms. The van der Waals surface area contributed by atoms with Crippen LogP contribution in [-0.4, -0.2) is 18.5 Å². The van der Waals surface area contributed by atoms with Gasteiger partial charge in [-0.25, -0.2) is 0 Å². The molecule has 1 rings (SSSR count). The second kappa shape index (κ2) is 3.47. The van der Waals surface area contributed by atoms with Crippen LogP contribution >= 0.6 is 0 Å². The fourth-order valence-corrected chi connectivity index (χ4v) is 1.86. The van der Waals surface area contributed by atoms with Gasteiger partial charge in [-0.3, -0.25) is 0 Å². The van der Waals surface area contributed by atoms with Gasteiger partial charge in [-0.05, 0) is 0 Å². The third-order valence-corrected chi connectivity index (χ3v) is 5.66. The molecular formula is C6H11HgO3. The normalized spacial score (nSPS) is 41.8. The minimum atomic E-state index is -0.206. The Morgan fingerprint density at radius 2 is 2.40 bits per heavy atom. The minimum absolute atomic E-state index is 0.0687. The van der Waals surface area contributed by atoms with E-state index >= 15 is 0 Å². The van der Waals surface area contributed by atoms with E-state index in [1.165, 1.54) is 0 Å². The summed E-state index contributed by atoms with van der Waals surface area (Å²) >= 11 is 0.761. The maximum absolute atomic E-state index is 5.52. The van der Waals surface area contributed by atoms with Crippen LogP contribution in [0.3, 0.4) is 0 Å². The second-order valence-corrected chi connectivity index (χ2v) is 4.69. The second-order valence-electron chi connectivity index (χ2n) is 2.74. The first-order valence-corrected chi connectivity index (χ1v) is 7.30. The van der Waals surface area contributed by atoms with E-state index in [0.717, 1.165) is 30.1 Å². The Labute approximate surface area is 76.9 Å². The monoisotopic (exact) mass is 333 g/mol. The SMILES string of the molecule is C[C@H]1OOC[C@@](C)([CH2][Hg])O1. The van der Waals surface area contributed by atoms with Crippen molar-refractivity contribution in [2.24, 2.45) is 0 Å². The third kappa shape index (κ3) is 2.15. The van der Waals surface area contributed by atoms with Gasteiger partial charge in [0.05, 0.1) is 0 Å². The molecule has 0 saturated carbocycles. The van der Waals surface area contributed by atoms with Gasteiger partial charge in [0.1, 0.15) is 0 Å². The summed E-state index contributed by atoms with van der Waals surface area (Å²) < 4.78 is 6.66.